The van der Waals surface area contributed by atoms with E-state index in [9.17, 15) is 8.42 Å². The van der Waals surface area contributed by atoms with E-state index in [1.807, 2.05) is 0 Å². The first-order chi connectivity index (χ1) is 4.61. The lowest BCUT2D eigenvalue weighted by atomic mass is 10.7. The van der Waals surface area contributed by atoms with Gasteiger partial charge in [-0.1, -0.05) is 0 Å². The van der Waals surface area contributed by atoms with Gasteiger partial charge in [-0.2, -0.15) is 0 Å². The van der Waals surface area contributed by atoms with Gasteiger partial charge in [0.25, 0.3) is 10.0 Å². The molecule has 1 heterocycles. The van der Waals surface area contributed by atoms with Crippen molar-refractivity contribution in [1.29, 1.82) is 0 Å². The molecule has 0 saturated heterocycles. The van der Waals surface area contributed by atoms with Crippen LogP contribution in [0.1, 0.15) is 0 Å². The molecule has 0 unspecified atom stereocenters. The number of rotatable bonds is 1. The maximum absolute atomic E-state index is 10.5. The second-order valence-corrected chi connectivity index (χ2v) is 3.10. The van der Waals surface area contributed by atoms with Crippen LogP contribution in [0.5, 0.6) is 0 Å². The predicted molar refractivity (Wildman–Crippen MR) is 33.4 cm³/mol. The number of nitrogens with zero attached hydrogens (tertiary/aromatic N) is 2. The highest BCUT2D eigenvalue weighted by atomic mass is 32.2. The molecule has 0 aliphatic rings. The van der Waals surface area contributed by atoms with E-state index < -0.39 is 10.0 Å². The van der Waals surface area contributed by atoms with Crippen molar-refractivity contribution in [2.75, 3.05) is 0 Å². The van der Waals surface area contributed by atoms with Gasteiger partial charge in [0.2, 0.25) is 0 Å². The van der Waals surface area contributed by atoms with E-state index in [-0.39, 0.29) is 5.03 Å². The number of nitrogens with two attached hydrogens (primary N) is 1. The van der Waals surface area contributed by atoms with Crippen molar-refractivity contribution in [1.82, 2.24) is 9.97 Å². The first-order valence-corrected chi connectivity index (χ1v) is 3.94. The van der Waals surface area contributed by atoms with Gasteiger partial charge in [0, 0.05) is 6.20 Å². The van der Waals surface area contributed by atoms with Crippen molar-refractivity contribution in [3.8, 4) is 0 Å². The molecule has 0 aromatic carbocycles. The zero-order valence-electron chi connectivity index (χ0n) is 4.93. The van der Waals surface area contributed by atoms with Crippen LogP contribution in [0.2, 0.25) is 0 Å². The van der Waals surface area contributed by atoms with E-state index >= 15 is 0 Å². The van der Waals surface area contributed by atoms with Crippen molar-refractivity contribution in [2.45, 2.75) is 5.03 Å². The van der Waals surface area contributed by atoms with Crippen molar-refractivity contribution in [3.05, 3.63) is 18.6 Å². The normalized spacial score (nSPS) is 11.3. The molecule has 1 aromatic rings. The Kier molecular flexibility index (Phi) is 1.64. The summed E-state index contributed by atoms with van der Waals surface area (Å²) in [5.41, 5.74) is 0. The van der Waals surface area contributed by atoms with Gasteiger partial charge < -0.3 is 0 Å². The maximum atomic E-state index is 10.5. The molecule has 10 heavy (non-hydrogen) atoms. The third-order valence-electron chi connectivity index (χ3n) is 0.846. The Balaban J connectivity index is 3.22. The lowest BCUT2D eigenvalue weighted by Crippen LogP contribution is -2.13. The van der Waals surface area contributed by atoms with Gasteiger partial charge in [-0.05, 0) is 6.07 Å². The lowest BCUT2D eigenvalue weighted by Gasteiger charge is -1.91. The quantitative estimate of drug-likeness (QED) is 0.539. The molecule has 5 nitrogen and oxygen atoms in total. The van der Waals surface area contributed by atoms with Crippen LogP contribution in [0.4, 0.5) is 0 Å². The number of aromatic nitrogens is 2. The van der Waals surface area contributed by atoms with Crippen molar-refractivity contribution in [3.63, 3.8) is 0 Å². The van der Waals surface area contributed by atoms with Gasteiger partial charge in [-0.3, -0.25) is 0 Å². The van der Waals surface area contributed by atoms with E-state index in [4.69, 9.17) is 5.14 Å². The van der Waals surface area contributed by atoms with Crippen LogP contribution < -0.4 is 5.14 Å². The highest BCUT2D eigenvalue weighted by Crippen LogP contribution is 1.96. The fraction of sp³-hybridized carbons (Fsp3) is 0. The minimum Gasteiger partial charge on any atom is -0.245 e. The molecule has 0 spiro atoms. The molecule has 0 aliphatic carbocycles. The molecule has 0 aliphatic heterocycles. The summed E-state index contributed by atoms with van der Waals surface area (Å²) in [5.74, 6) is 0. The molecule has 1 aromatic heterocycles. The number of hydrogen-bond donors (Lipinski definition) is 1. The second-order valence-electron chi connectivity index (χ2n) is 1.59. The van der Waals surface area contributed by atoms with Gasteiger partial charge >= 0.3 is 0 Å². The fourth-order valence-corrected chi connectivity index (χ4v) is 0.891. The van der Waals surface area contributed by atoms with Gasteiger partial charge in [-0.15, -0.1) is 0 Å². The molecule has 54 valence electrons. The molecule has 0 saturated carbocycles. The molecule has 0 amide bonds. The van der Waals surface area contributed by atoms with E-state index in [0.29, 0.717) is 0 Å². The summed E-state index contributed by atoms with van der Waals surface area (Å²) >= 11 is 0. The largest absolute Gasteiger partial charge is 0.255 e. The van der Waals surface area contributed by atoms with Crippen LogP contribution in [-0.4, -0.2) is 18.4 Å². The van der Waals surface area contributed by atoms with Crippen molar-refractivity contribution in [2.24, 2.45) is 5.14 Å². The van der Waals surface area contributed by atoms with Gasteiger partial charge in [-0.25, -0.2) is 23.5 Å². The molecule has 0 radical (unpaired) electrons. The summed E-state index contributed by atoms with van der Waals surface area (Å²) in [7, 11) is -3.65. The zero-order chi connectivity index (χ0) is 7.61. The second kappa shape index (κ2) is 2.31. The first-order valence-electron chi connectivity index (χ1n) is 2.39. The molecule has 0 bridgehead atoms. The summed E-state index contributed by atoms with van der Waals surface area (Å²) in [6.07, 6.45) is 2.44. The molecular formula is C4H5N3O2S. The number of sulfonamides is 1. The SMILES string of the molecule is NS(=O)(=O)c1ccncn1. The van der Waals surface area contributed by atoms with Crippen molar-refractivity contribution < 1.29 is 8.42 Å². The fourth-order valence-electron chi connectivity index (χ4n) is 0.447. The summed E-state index contributed by atoms with van der Waals surface area (Å²) in [4.78, 5) is 6.95. The monoisotopic (exact) mass is 159 g/mol. The molecule has 2 N–H and O–H groups in total. The van der Waals surface area contributed by atoms with Crippen LogP contribution in [-0.2, 0) is 10.0 Å². The molecule has 0 fully saturated rings. The highest BCUT2D eigenvalue weighted by Gasteiger charge is 2.06. The molecule has 1 rings (SSSR count). The van der Waals surface area contributed by atoms with E-state index in [1.54, 1.807) is 0 Å². The van der Waals surface area contributed by atoms with E-state index in [2.05, 4.69) is 9.97 Å². The van der Waals surface area contributed by atoms with Crippen LogP contribution in [0.15, 0.2) is 23.6 Å². The Morgan fingerprint density at radius 2 is 2.20 bits per heavy atom. The molecule has 0 atom stereocenters. The summed E-state index contributed by atoms with van der Waals surface area (Å²) in [6, 6.07) is 1.23. The minimum absolute atomic E-state index is 0.164. The van der Waals surface area contributed by atoms with Crippen LogP contribution in [0, 0.1) is 0 Å². The Bertz CT molecular complexity index is 307. The highest BCUT2D eigenvalue weighted by molar-refractivity contribution is 7.89. The van der Waals surface area contributed by atoms with Crippen LogP contribution in [0.3, 0.4) is 0 Å². The first kappa shape index (κ1) is 7.10. The van der Waals surface area contributed by atoms with Gasteiger partial charge in [0.05, 0.1) is 0 Å². The molecule has 6 heteroatoms. The number of primary sulfonamides is 1. The Labute approximate surface area is 58.0 Å². The maximum Gasteiger partial charge on any atom is 0.255 e. The summed E-state index contributed by atoms with van der Waals surface area (Å²) < 4.78 is 21.0. The summed E-state index contributed by atoms with van der Waals surface area (Å²) in [6.45, 7) is 0. The summed E-state index contributed by atoms with van der Waals surface area (Å²) in [5, 5.41) is 4.57. The average molecular weight is 159 g/mol. The Morgan fingerprint density at radius 1 is 1.50 bits per heavy atom. The standard InChI is InChI=1S/C4H5N3O2S/c5-10(8,9)4-1-2-6-3-7-4/h1-3H,(H2,5,8,9). The Hall–Kier alpha value is -1.01. The zero-order valence-corrected chi connectivity index (χ0v) is 5.75. The van der Waals surface area contributed by atoms with Gasteiger partial charge in [0.15, 0.2) is 5.03 Å². The lowest BCUT2D eigenvalue weighted by molar-refractivity contribution is 0.593. The van der Waals surface area contributed by atoms with E-state index in [0.717, 1.165) is 6.33 Å². The van der Waals surface area contributed by atoms with Crippen molar-refractivity contribution >= 4 is 10.0 Å². The van der Waals surface area contributed by atoms with E-state index in [1.165, 1.54) is 12.3 Å². The van der Waals surface area contributed by atoms with Crippen LogP contribution >= 0.6 is 0 Å². The third kappa shape index (κ3) is 1.49. The minimum atomic E-state index is -3.65. The van der Waals surface area contributed by atoms with Crippen LogP contribution in [0.25, 0.3) is 0 Å². The predicted octanol–water partition coefficient (Wildman–Crippen LogP) is -0.876. The number of hydrogen-bond acceptors (Lipinski definition) is 4. The third-order valence-corrected chi connectivity index (χ3v) is 1.67. The Morgan fingerprint density at radius 3 is 2.50 bits per heavy atom. The van der Waals surface area contributed by atoms with Gasteiger partial charge in [0.1, 0.15) is 6.33 Å². The molecular weight excluding hydrogens is 154 g/mol. The topological polar surface area (TPSA) is 85.9 Å². The average Bonchev–Trinajstić information content (AvgIpc) is 1.88. The smallest absolute Gasteiger partial charge is 0.245 e.